The maximum absolute atomic E-state index is 11.8. The van der Waals surface area contributed by atoms with Crippen molar-refractivity contribution >= 4 is 11.9 Å². The van der Waals surface area contributed by atoms with Crippen LogP contribution in [0.5, 0.6) is 23.0 Å². The van der Waals surface area contributed by atoms with E-state index in [1.807, 2.05) is 0 Å². The first-order chi connectivity index (χ1) is 9.88. The van der Waals surface area contributed by atoms with Gasteiger partial charge in [-0.3, -0.25) is 0 Å². The van der Waals surface area contributed by atoms with Gasteiger partial charge in [0.05, 0.1) is 11.1 Å². The molecule has 0 spiro atoms. The predicted octanol–water partition coefficient (Wildman–Crippen LogP) is 1.72. The van der Waals surface area contributed by atoms with Gasteiger partial charge in [-0.1, -0.05) is 0 Å². The molecule has 7 nitrogen and oxygen atoms in total. The summed E-state index contributed by atoms with van der Waals surface area (Å²) in [6.45, 7) is 0. The number of esters is 1. The van der Waals surface area contributed by atoms with Gasteiger partial charge in [-0.25, -0.2) is 9.59 Å². The lowest BCUT2D eigenvalue weighted by atomic mass is 10.2. The molecule has 0 atom stereocenters. The molecule has 2 rings (SSSR count). The van der Waals surface area contributed by atoms with Crippen LogP contribution in [0.25, 0.3) is 0 Å². The van der Waals surface area contributed by atoms with Crippen molar-refractivity contribution in [2.75, 3.05) is 0 Å². The summed E-state index contributed by atoms with van der Waals surface area (Å²) in [6.07, 6.45) is 0. The molecule has 0 bridgehead atoms. The van der Waals surface area contributed by atoms with Crippen LogP contribution in [0, 0.1) is 0 Å². The van der Waals surface area contributed by atoms with E-state index in [1.165, 1.54) is 24.3 Å². The molecule has 21 heavy (non-hydrogen) atoms. The van der Waals surface area contributed by atoms with E-state index in [4.69, 9.17) is 9.84 Å². The Morgan fingerprint density at radius 1 is 0.857 bits per heavy atom. The predicted molar refractivity (Wildman–Crippen MR) is 69.8 cm³/mol. The van der Waals surface area contributed by atoms with Gasteiger partial charge < -0.3 is 25.2 Å². The minimum absolute atomic E-state index is 0.0368. The fourth-order valence-corrected chi connectivity index (χ4v) is 1.55. The lowest BCUT2D eigenvalue weighted by molar-refractivity contribution is 0.0696. The Labute approximate surface area is 118 Å². The topological polar surface area (TPSA) is 124 Å². The quantitative estimate of drug-likeness (QED) is 0.385. The summed E-state index contributed by atoms with van der Waals surface area (Å²) in [7, 11) is 0. The Hall–Kier alpha value is -3.22. The molecule has 0 fully saturated rings. The van der Waals surface area contributed by atoms with Gasteiger partial charge in [0, 0.05) is 0 Å². The van der Waals surface area contributed by atoms with Gasteiger partial charge in [0.2, 0.25) is 0 Å². The summed E-state index contributed by atoms with van der Waals surface area (Å²) in [5.74, 6) is -3.97. The van der Waals surface area contributed by atoms with Crippen LogP contribution in [-0.4, -0.2) is 32.4 Å². The molecule has 0 aliphatic carbocycles. The fraction of sp³-hybridized carbons (Fsp3) is 0. The minimum atomic E-state index is -1.11. The molecule has 4 N–H and O–H groups in total. The third kappa shape index (κ3) is 3.03. The van der Waals surface area contributed by atoms with Gasteiger partial charge in [-0.2, -0.15) is 0 Å². The van der Waals surface area contributed by atoms with Crippen molar-refractivity contribution in [2.24, 2.45) is 0 Å². The highest BCUT2D eigenvalue weighted by molar-refractivity contribution is 5.93. The van der Waals surface area contributed by atoms with Crippen molar-refractivity contribution in [3.63, 3.8) is 0 Å². The number of carbonyl (C=O) groups is 2. The number of carbonyl (C=O) groups excluding carboxylic acids is 1. The van der Waals surface area contributed by atoms with Crippen molar-refractivity contribution in [1.82, 2.24) is 0 Å². The summed E-state index contributed by atoms with van der Waals surface area (Å²) in [5, 5.41) is 36.5. The number of hydrogen-bond acceptors (Lipinski definition) is 6. The SMILES string of the molecule is O=C(O)c1ccc(OC(=O)c2cc(O)c(O)c(O)c2)cc1. The third-order valence-electron chi connectivity index (χ3n) is 2.62. The molecule has 0 amide bonds. The smallest absolute Gasteiger partial charge is 0.343 e. The molecule has 0 unspecified atom stereocenters. The first kappa shape index (κ1) is 14.2. The Morgan fingerprint density at radius 3 is 1.86 bits per heavy atom. The van der Waals surface area contributed by atoms with E-state index < -0.39 is 29.2 Å². The molecule has 2 aromatic rings. The van der Waals surface area contributed by atoms with E-state index in [1.54, 1.807) is 0 Å². The standard InChI is InChI=1S/C14H10O7/c15-10-5-8(6-11(16)12(10)17)14(20)21-9-3-1-7(2-4-9)13(18)19/h1-6,15-17H,(H,18,19). The van der Waals surface area contributed by atoms with Gasteiger partial charge in [-0.05, 0) is 36.4 Å². The van der Waals surface area contributed by atoms with Crippen molar-refractivity contribution in [3.05, 3.63) is 47.5 Å². The molecule has 0 radical (unpaired) electrons. The van der Waals surface area contributed by atoms with Gasteiger partial charge in [-0.15, -0.1) is 0 Å². The van der Waals surface area contributed by atoms with Crippen LogP contribution in [0.15, 0.2) is 36.4 Å². The van der Waals surface area contributed by atoms with Crippen LogP contribution >= 0.6 is 0 Å². The second-order valence-electron chi connectivity index (χ2n) is 4.08. The summed E-state index contributed by atoms with van der Waals surface area (Å²) in [5.41, 5.74) is -0.139. The number of carboxylic acid groups (broad SMARTS) is 1. The van der Waals surface area contributed by atoms with Crippen LogP contribution in [0.2, 0.25) is 0 Å². The average molecular weight is 290 g/mol. The maximum Gasteiger partial charge on any atom is 0.343 e. The number of carboxylic acids is 1. The van der Waals surface area contributed by atoms with E-state index in [-0.39, 0.29) is 16.9 Å². The van der Waals surface area contributed by atoms with E-state index in [2.05, 4.69) is 0 Å². The molecule has 0 saturated heterocycles. The minimum Gasteiger partial charge on any atom is -0.504 e. The molecular formula is C14H10O7. The maximum atomic E-state index is 11.8. The molecule has 108 valence electrons. The molecular weight excluding hydrogens is 280 g/mol. The van der Waals surface area contributed by atoms with Crippen molar-refractivity contribution in [1.29, 1.82) is 0 Å². The van der Waals surface area contributed by atoms with Gasteiger partial charge in [0.1, 0.15) is 5.75 Å². The number of aromatic hydroxyl groups is 3. The first-order valence-corrected chi connectivity index (χ1v) is 5.69. The number of benzene rings is 2. The molecule has 0 saturated carbocycles. The van der Waals surface area contributed by atoms with Gasteiger partial charge in [0.15, 0.2) is 17.2 Å². The highest BCUT2D eigenvalue weighted by Crippen LogP contribution is 2.35. The van der Waals surface area contributed by atoms with Crippen LogP contribution in [0.1, 0.15) is 20.7 Å². The van der Waals surface area contributed by atoms with Crippen LogP contribution in [0.4, 0.5) is 0 Å². The molecule has 2 aromatic carbocycles. The summed E-state index contributed by atoms with van der Waals surface area (Å²) in [6, 6.07) is 6.97. The normalized spacial score (nSPS) is 10.1. The molecule has 0 aromatic heterocycles. The lowest BCUT2D eigenvalue weighted by Crippen LogP contribution is -2.08. The monoisotopic (exact) mass is 290 g/mol. The van der Waals surface area contributed by atoms with Crippen LogP contribution in [0.3, 0.4) is 0 Å². The highest BCUT2D eigenvalue weighted by atomic mass is 16.5. The van der Waals surface area contributed by atoms with E-state index in [9.17, 15) is 24.9 Å². The number of ether oxygens (including phenoxy) is 1. The Bertz CT molecular complexity index is 681. The van der Waals surface area contributed by atoms with E-state index >= 15 is 0 Å². The zero-order valence-corrected chi connectivity index (χ0v) is 10.5. The molecule has 7 heteroatoms. The Morgan fingerprint density at radius 2 is 1.38 bits per heavy atom. The number of hydrogen-bond donors (Lipinski definition) is 4. The first-order valence-electron chi connectivity index (χ1n) is 5.69. The summed E-state index contributed by atoms with van der Waals surface area (Å²) >= 11 is 0. The van der Waals surface area contributed by atoms with Crippen LogP contribution < -0.4 is 4.74 Å². The van der Waals surface area contributed by atoms with Gasteiger partial charge in [0.25, 0.3) is 0 Å². The number of phenols is 3. The zero-order valence-electron chi connectivity index (χ0n) is 10.5. The van der Waals surface area contributed by atoms with Crippen molar-refractivity contribution in [3.8, 4) is 23.0 Å². The zero-order chi connectivity index (χ0) is 15.6. The second-order valence-corrected chi connectivity index (χ2v) is 4.08. The fourth-order valence-electron chi connectivity index (χ4n) is 1.55. The van der Waals surface area contributed by atoms with E-state index in [0.29, 0.717) is 0 Å². The molecule has 0 heterocycles. The summed E-state index contributed by atoms with van der Waals surface area (Å²) < 4.78 is 4.95. The van der Waals surface area contributed by atoms with E-state index in [0.717, 1.165) is 12.1 Å². The van der Waals surface area contributed by atoms with Crippen molar-refractivity contribution in [2.45, 2.75) is 0 Å². The second kappa shape index (κ2) is 5.41. The lowest BCUT2D eigenvalue weighted by Gasteiger charge is -2.07. The number of aromatic carboxylic acids is 1. The largest absolute Gasteiger partial charge is 0.504 e. The molecule has 0 aliphatic rings. The molecule has 0 aliphatic heterocycles. The van der Waals surface area contributed by atoms with Crippen molar-refractivity contribution < 1.29 is 34.8 Å². The number of phenolic OH excluding ortho intramolecular Hbond substituents is 3. The number of rotatable bonds is 3. The van der Waals surface area contributed by atoms with Gasteiger partial charge >= 0.3 is 11.9 Å². The highest BCUT2D eigenvalue weighted by Gasteiger charge is 2.15. The van der Waals surface area contributed by atoms with Crippen LogP contribution in [-0.2, 0) is 0 Å². The average Bonchev–Trinajstić information content (AvgIpc) is 2.44. The summed E-state index contributed by atoms with van der Waals surface area (Å²) in [4.78, 5) is 22.5. The Balaban J connectivity index is 2.20. The third-order valence-corrected chi connectivity index (χ3v) is 2.62. The Kier molecular flexibility index (Phi) is 3.66.